The highest BCUT2D eigenvalue weighted by Gasteiger charge is 1.94. The second-order valence-corrected chi connectivity index (χ2v) is 2.65. The Bertz CT molecular complexity index is 196. The van der Waals surface area contributed by atoms with E-state index in [0.717, 1.165) is 24.8 Å². The summed E-state index contributed by atoms with van der Waals surface area (Å²) in [7, 11) is 0. The van der Waals surface area contributed by atoms with Crippen molar-refractivity contribution in [2.75, 3.05) is 0 Å². The van der Waals surface area contributed by atoms with Gasteiger partial charge in [0.2, 0.25) is 0 Å². The van der Waals surface area contributed by atoms with Crippen LogP contribution in [-0.2, 0) is 4.79 Å². The zero-order chi connectivity index (χ0) is 9.40. The van der Waals surface area contributed by atoms with E-state index in [1.54, 1.807) is 0 Å². The van der Waals surface area contributed by atoms with Gasteiger partial charge in [0.1, 0.15) is 0 Å². The molecule has 4 nitrogen and oxygen atoms in total. The lowest BCUT2D eigenvalue weighted by Crippen LogP contribution is -1.90. The summed E-state index contributed by atoms with van der Waals surface area (Å²) >= 11 is 0. The Labute approximate surface area is 72.5 Å². The maximum Gasteiger partial charge on any atom is 0.289 e. The number of hydrogen-bond donors (Lipinski definition) is 1. The molecule has 0 aromatic rings. The minimum atomic E-state index is -0.383. The number of rotatable bonds is 4. The Kier molecular flexibility index (Phi) is 5.87. The maximum absolute atomic E-state index is 10.8. The number of allylic oxidation sites excluding steroid dienone is 1. The van der Waals surface area contributed by atoms with Crippen LogP contribution in [0.1, 0.15) is 33.1 Å². The fourth-order valence-corrected chi connectivity index (χ4v) is 0.824. The van der Waals surface area contributed by atoms with E-state index in [-0.39, 0.29) is 5.91 Å². The van der Waals surface area contributed by atoms with Crippen LogP contribution in [0, 0.1) is 0 Å². The molecule has 0 saturated carbocycles. The highest BCUT2D eigenvalue weighted by molar-refractivity contribution is 5.88. The van der Waals surface area contributed by atoms with Crippen molar-refractivity contribution in [3.05, 3.63) is 11.6 Å². The molecule has 0 fully saturated rings. The van der Waals surface area contributed by atoms with Gasteiger partial charge in [-0.3, -0.25) is 4.79 Å². The molecular formula is C8H15N3O. The van der Waals surface area contributed by atoms with E-state index >= 15 is 0 Å². The van der Waals surface area contributed by atoms with E-state index in [9.17, 15) is 4.79 Å². The average molecular weight is 169 g/mol. The average Bonchev–Trinajstić information content (AvgIpc) is 2.01. The molecule has 0 bridgehead atoms. The van der Waals surface area contributed by atoms with Crippen LogP contribution in [0.5, 0.6) is 0 Å². The number of carbonyl (C=O) groups excluding carboxylic acids is 1. The summed E-state index contributed by atoms with van der Waals surface area (Å²) in [5, 5.41) is 6.06. The Morgan fingerprint density at radius 1 is 1.58 bits per heavy atom. The number of amides is 1. The summed E-state index contributed by atoms with van der Waals surface area (Å²) in [5.74, 6) is 4.33. The van der Waals surface area contributed by atoms with Gasteiger partial charge >= 0.3 is 0 Å². The molecule has 12 heavy (non-hydrogen) atoms. The summed E-state index contributed by atoms with van der Waals surface area (Å²) in [6.07, 6.45) is 4.61. The molecule has 68 valence electrons. The first-order chi connectivity index (χ1) is 5.70. The molecule has 0 saturated heterocycles. The molecule has 0 radical (unpaired) electrons. The fourth-order valence-electron chi connectivity index (χ4n) is 0.824. The normalized spacial score (nSPS) is 12.3. The van der Waals surface area contributed by atoms with Gasteiger partial charge in [0.15, 0.2) is 0 Å². The zero-order valence-corrected chi connectivity index (χ0v) is 7.58. The second-order valence-electron chi connectivity index (χ2n) is 2.65. The number of unbranched alkanes of at least 4 members (excludes halogenated alkanes) is 1. The molecule has 0 unspecified atom stereocenters. The Balaban J connectivity index is 3.89. The molecule has 0 heterocycles. The predicted octanol–water partition coefficient (Wildman–Crippen LogP) is 1.98. The lowest BCUT2D eigenvalue weighted by molar-refractivity contribution is -0.114. The summed E-state index contributed by atoms with van der Waals surface area (Å²) < 4.78 is 0. The van der Waals surface area contributed by atoms with Crippen molar-refractivity contribution in [2.45, 2.75) is 33.1 Å². The smallest absolute Gasteiger partial charge is 0.289 e. The molecule has 0 aliphatic carbocycles. The van der Waals surface area contributed by atoms with Crippen LogP contribution in [0.3, 0.4) is 0 Å². The third kappa shape index (κ3) is 5.58. The van der Waals surface area contributed by atoms with E-state index in [1.165, 1.54) is 6.08 Å². The van der Waals surface area contributed by atoms with Crippen LogP contribution >= 0.6 is 0 Å². The van der Waals surface area contributed by atoms with E-state index in [1.807, 2.05) is 6.92 Å². The van der Waals surface area contributed by atoms with Crippen molar-refractivity contribution >= 4 is 5.91 Å². The second kappa shape index (κ2) is 6.52. The molecule has 2 N–H and O–H groups in total. The SMILES string of the molecule is CCCC/C(C)=C/C(=O)N=NN. The number of carbonyl (C=O) groups is 1. The molecular weight excluding hydrogens is 154 g/mol. The molecule has 0 aliphatic rings. The van der Waals surface area contributed by atoms with Gasteiger partial charge in [-0.05, 0) is 19.8 Å². The van der Waals surface area contributed by atoms with Gasteiger partial charge in [-0.15, -0.1) is 0 Å². The van der Waals surface area contributed by atoms with Crippen molar-refractivity contribution in [1.82, 2.24) is 0 Å². The molecule has 0 rings (SSSR count). The predicted molar refractivity (Wildman–Crippen MR) is 47.3 cm³/mol. The molecule has 0 spiro atoms. The molecule has 4 heteroatoms. The summed E-state index contributed by atoms with van der Waals surface area (Å²) in [4.78, 5) is 10.8. The lowest BCUT2D eigenvalue weighted by Gasteiger charge is -1.95. The summed E-state index contributed by atoms with van der Waals surface area (Å²) in [6, 6.07) is 0. The summed E-state index contributed by atoms with van der Waals surface area (Å²) in [6.45, 7) is 4.01. The first-order valence-corrected chi connectivity index (χ1v) is 4.02. The third-order valence-electron chi connectivity index (χ3n) is 1.45. The lowest BCUT2D eigenvalue weighted by atomic mass is 10.1. The van der Waals surface area contributed by atoms with Gasteiger partial charge in [0.05, 0.1) is 0 Å². The zero-order valence-electron chi connectivity index (χ0n) is 7.58. The molecule has 0 aromatic carbocycles. The topological polar surface area (TPSA) is 67.8 Å². The molecule has 0 atom stereocenters. The van der Waals surface area contributed by atoms with Crippen molar-refractivity contribution < 1.29 is 4.79 Å². The van der Waals surface area contributed by atoms with Crippen LogP contribution in [-0.4, -0.2) is 5.91 Å². The van der Waals surface area contributed by atoms with Crippen LogP contribution in [0.25, 0.3) is 0 Å². The van der Waals surface area contributed by atoms with Crippen LogP contribution in [0.4, 0.5) is 0 Å². The number of hydrogen-bond acceptors (Lipinski definition) is 2. The largest absolute Gasteiger partial charge is 0.304 e. The Hall–Kier alpha value is -1.19. The highest BCUT2D eigenvalue weighted by Crippen LogP contribution is 2.05. The number of nitrogens with zero attached hydrogens (tertiary/aromatic N) is 2. The van der Waals surface area contributed by atoms with Gasteiger partial charge in [-0.1, -0.05) is 29.3 Å². The monoisotopic (exact) mass is 169 g/mol. The maximum atomic E-state index is 10.8. The van der Waals surface area contributed by atoms with Crippen molar-refractivity contribution in [3.8, 4) is 0 Å². The van der Waals surface area contributed by atoms with Gasteiger partial charge in [-0.25, -0.2) is 0 Å². The van der Waals surface area contributed by atoms with Crippen molar-refractivity contribution in [3.63, 3.8) is 0 Å². The van der Waals surface area contributed by atoms with E-state index in [2.05, 4.69) is 17.3 Å². The van der Waals surface area contributed by atoms with E-state index in [4.69, 9.17) is 5.84 Å². The standard InChI is InChI=1S/C8H15N3O/c1-3-4-5-7(2)6-8(12)10-11-9/h6H,3-5H2,1-2H3,(H2,9,10,12)/b7-6+. The van der Waals surface area contributed by atoms with E-state index < -0.39 is 0 Å². The van der Waals surface area contributed by atoms with Crippen LogP contribution in [0.15, 0.2) is 22.0 Å². The minimum absolute atomic E-state index is 0.383. The van der Waals surface area contributed by atoms with Crippen LogP contribution in [0.2, 0.25) is 0 Å². The first-order valence-electron chi connectivity index (χ1n) is 4.02. The minimum Gasteiger partial charge on any atom is -0.304 e. The molecule has 1 amide bonds. The van der Waals surface area contributed by atoms with Gasteiger partial charge in [-0.2, -0.15) is 0 Å². The third-order valence-corrected chi connectivity index (χ3v) is 1.45. The van der Waals surface area contributed by atoms with Gasteiger partial charge in [0.25, 0.3) is 5.91 Å². The molecule has 0 aliphatic heterocycles. The fraction of sp³-hybridized carbons (Fsp3) is 0.625. The first kappa shape index (κ1) is 10.8. The van der Waals surface area contributed by atoms with Crippen LogP contribution < -0.4 is 5.84 Å². The van der Waals surface area contributed by atoms with Gasteiger partial charge < -0.3 is 5.84 Å². The van der Waals surface area contributed by atoms with Crippen molar-refractivity contribution in [2.24, 2.45) is 16.2 Å². The highest BCUT2D eigenvalue weighted by atomic mass is 16.1. The Morgan fingerprint density at radius 3 is 2.75 bits per heavy atom. The quantitative estimate of drug-likeness (QED) is 0.302. The van der Waals surface area contributed by atoms with Gasteiger partial charge in [0, 0.05) is 6.08 Å². The Morgan fingerprint density at radius 2 is 2.25 bits per heavy atom. The molecule has 0 aromatic heterocycles. The summed E-state index contributed by atoms with van der Waals surface area (Å²) in [5.41, 5.74) is 1.02. The number of nitrogens with two attached hydrogens (primary N) is 1. The van der Waals surface area contributed by atoms with E-state index in [0.29, 0.717) is 0 Å². The van der Waals surface area contributed by atoms with Crippen molar-refractivity contribution in [1.29, 1.82) is 0 Å².